The van der Waals surface area contributed by atoms with Gasteiger partial charge in [0.2, 0.25) is 5.70 Å². The van der Waals surface area contributed by atoms with Crippen LogP contribution in [0, 0.1) is 15.9 Å². The third-order valence-electron chi connectivity index (χ3n) is 1.61. The van der Waals surface area contributed by atoms with E-state index in [0.717, 1.165) is 6.07 Å². The maximum absolute atomic E-state index is 12.6. The second kappa shape index (κ2) is 4.19. The van der Waals surface area contributed by atoms with E-state index in [-0.39, 0.29) is 10.7 Å². The molecule has 0 aliphatic rings. The molecule has 1 aromatic carbocycles. The molecule has 3 nitrogen and oxygen atoms in total. The lowest BCUT2D eigenvalue weighted by Crippen LogP contribution is -1.93. The van der Waals surface area contributed by atoms with E-state index < -0.39 is 10.7 Å². The molecule has 0 bridgehead atoms. The average Bonchev–Trinajstić information content (AvgIpc) is 2.09. The third kappa shape index (κ3) is 2.53. The van der Waals surface area contributed by atoms with E-state index in [0.29, 0.717) is 5.56 Å². The van der Waals surface area contributed by atoms with Gasteiger partial charge in [-0.1, -0.05) is 17.7 Å². The minimum absolute atomic E-state index is 0.0430. The van der Waals surface area contributed by atoms with Crippen molar-refractivity contribution in [2.75, 3.05) is 0 Å². The largest absolute Gasteiger partial charge is 0.259 e. The van der Waals surface area contributed by atoms with Crippen molar-refractivity contribution in [3.8, 4) is 0 Å². The van der Waals surface area contributed by atoms with Crippen molar-refractivity contribution in [1.82, 2.24) is 0 Å². The van der Waals surface area contributed by atoms with Gasteiger partial charge in [-0.2, -0.15) is 0 Å². The molecule has 0 spiro atoms. The summed E-state index contributed by atoms with van der Waals surface area (Å²) in [7, 11) is 0. The van der Waals surface area contributed by atoms with Gasteiger partial charge >= 0.3 is 0 Å². The molecule has 0 saturated carbocycles. The van der Waals surface area contributed by atoms with Crippen LogP contribution in [-0.2, 0) is 0 Å². The molecule has 0 N–H and O–H groups in total. The van der Waals surface area contributed by atoms with Crippen LogP contribution in [0.3, 0.4) is 0 Å². The molecule has 1 rings (SSSR count). The number of hydrogen-bond donors (Lipinski definition) is 0. The first-order valence-corrected chi connectivity index (χ1v) is 4.16. The zero-order valence-corrected chi connectivity index (χ0v) is 8.08. The van der Waals surface area contributed by atoms with Crippen LogP contribution in [-0.4, -0.2) is 4.92 Å². The van der Waals surface area contributed by atoms with Gasteiger partial charge in [0.15, 0.2) is 0 Å². The number of nitrogens with zero attached hydrogens (tertiary/aromatic N) is 1. The van der Waals surface area contributed by atoms with Crippen LogP contribution < -0.4 is 0 Å². The predicted molar refractivity (Wildman–Crippen MR) is 52.1 cm³/mol. The number of benzene rings is 1. The smallest absolute Gasteiger partial charge is 0.243 e. The molecule has 0 aromatic heterocycles. The molecule has 14 heavy (non-hydrogen) atoms. The Morgan fingerprint density at radius 2 is 2.29 bits per heavy atom. The summed E-state index contributed by atoms with van der Waals surface area (Å²) in [5, 5.41) is 10.5. The zero-order valence-electron chi connectivity index (χ0n) is 7.33. The minimum atomic E-state index is -0.528. The molecule has 74 valence electrons. The highest BCUT2D eigenvalue weighted by Gasteiger charge is 2.05. The van der Waals surface area contributed by atoms with Gasteiger partial charge in [-0.25, -0.2) is 4.39 Å². The Balaban J connectivity index is 3.09. The monoisotopic (exact) mass is 215 g/mol. The second-order valence-corrected chi connectivity index (χ2v) is 3.12. The van der Waals surface area contributed by atoms with Crippen LogP contribution in [0.4, 0.5) is 4.39 Å². The Hall–Kier alpha value is -1.42. The highest BCUT2D eigenvalue weighted by molar-refractivity contribution is 6.32. The Morgan fingerprint density at radius 3 is 2.79 bits per heavy atom. The van der Waals surface area contributed by atoms with Crippen LogP contribution >= 0.6 is 11.6 Å². The van der Waals surface area contributed by atoms with Crippen molar-refractivity contribution in [3.63, 3.8) is 0 Å². The van der Waals surface area contributed by atoms with E-state index in [2.05, 4.69) is 0 Å². The molecular formula is C9H7ClFNO2. The first-order valence-electron chi connectivity index (χ1n) is 3.78. The first kappa shape index (κ1) is 10.7. The van der Waals surface area contributed by atoms with Gasteiger partial charge in [-0.05, 0) is 17.7 Å². The quantitative estimate of drug-likeness (QED) is 0.562. The van der Waals surface area contributed by atoms with Gasteiger partial charge in [0.05, 0.1) is 9.95 Å². The predicted octanol–water partition coefficient (Wildman–Crippen LogP) is 3.12. The highest BCUT2D eigenvalue weighted by Crippen LogP contribution is 2.19. The van der Waals surface area contributed by atoms with E-state index in [1.807, 2.05) is 0 Å². The number of rotatable bonds is 2. The zero-order chi connectivity index (χ0) is 10.7. The molecule has 0 unspecified atom stereocenters. The van der Waals surface area contributed by atoms with Crippen molar-refractivity contribution >= 4 is 17.7 Å². The van der Waals surface area contributed by atoms with E-state index >= 15 is 0 Å². The average molecular weight is 216 g/mol. The van der Waals surface area contributed by atoms with E-state index in [9.17, 15) is 14.5 Å². The fraction of sp³-hybridized carbons (Fsp3) is 0.111. The van der Waals surface area contributed by atoms with Crippen molar-refractivity contribution in [2.45, 2.75) is 6.92 Å². The molecular weight excluding hydrogens is 209 g/mol. The lowest BCUT2D eigenvalue weighted by atomic mass is 10.2. The number of halogens is 2. The molecule has 0 amide bonds. The second-order valence-electron chi connectivity index (χ2n) is 2.71. The molecule has 0 fully saturated rings. The maximum atomic E-state index is 12.6. The fourth-order valence-corrected chi connectivity index (χ4v) is 1.12. The molecule has 1 aromatic rings. The van der Waals surface area contributed by atoms with E-state index in [1.54, 1.807) is 0 Å². The van der Waals surface area contributed by atoms with E-state index in [4.69, 9.17) is 11.6 Å². The van der Waals surface area contributed by atoms with E-state index in [1.165, 1.54) is 25.1 Å². The standard InChI is InChI=1S/C9H7ClFNO2/c1-6(12(13)14)4-7-2-3-8(11)5-9(7)10/h2-5H,1H3/b6-4-. The first-order chi connectivity index (χ1) is 6.50. The van der Waals surface area contributed by atoms with Crippen LogP contribution in [0.25, 0.3) is 6.08 Å². The Labute approximate surface area is 85.0 Å². The Kier molecular flexibility index (Phi) is 3.19. The lowest BCUT2D eigenvalue weighted by Gasteiger charge is -1.97. The van der Waals surface area contributed by atoms with Gasteiger partial charge in [-0.15, -0.1) is 0 Å². The van der Waals surface area contributed by atoms with Gasteiger partial charge in [0.25, 0.3) is 0 Å². The Bertz CT molecular complexity index is 404. The van der Waals surface area contributed by atoms with Crippen LogP contribution in [0.2, 0.25) is 5.02 Å². The number of hydrogen-bond acceptors (Lipinski definition) is 2. The van der Waals surface area contributed by atoms with Crippen LogP contribution in [0.1, 0.15) is 12.5 Å². The van der Waals surface area contributed by atoms with Crippen molar-refractivity contribution in [2.24, 2.45) is 0 Å². The maximum Gasteiger partial charge on any atom is 0.243 e. The van der Waals surface area contributed by atoms with Gasteiger partial charge in [-0.3, -0.25) is 10.1 Å². The summed E-state index contributed by atoms with van der Waals surface area (Å²) in [5.41, 5.74) is 0.390. The molecule has 0 heterocycles. The summed E-state index contributed by atoms with van der Waals surface area (Å²) in [6.45, 7) is 1.35. The summed E-state index contributed by atoms with van der Waals surface area (Å²) in [6, 6.07) is 3.70. The summed E-state index contributed by atoms with van der Waals surface area (Å²) < 4.78 is 12.6. The Morgan fingerprint density at radius 1 is 1.64 bits per heavy atom. The SMILES string of the molecule is C/C(=C/c1ccc(F)cc1Cl)[N+](=O)[O-]. The molecule has 5 heteroatoms. The van der Waals surface area contributed by atoms with Crippen LogP contribution in [0.15, 0.2) is 23.9 Å². The number of nitro groups is 1. The molecule has 0 atom stereocenters. The summed E-state index contributed by atoms with van der Waals surface area (Å²) in [5.74, 6) is -0.467. The van der Waals surface area contributed by atoms with Crippen molar-refractivity contribution in [1.29, 1.82) is 0 Å². The molecule has 0 radical (unpaired) electrons. The molecule has 0 aliphatic carbocycles. The molecule has 0 aliphatic heterocycles. The summed E-state index contributed by atoms with van der Waals surface area (Å²) in [6.07, 6.45) is 1.29. The molecule has 0 saturated heterocycles. The summed E-state index contributed by atoms with van der Waals surface area (Å²) in [4.78, 5) is 9.77. The summed E-state index contributed by atoms with van der Waals surface area (Å²) >= 11 is 5.67. The van der Waals surface area contributed by atoms with Gasteiger partial charge in [0.1, 0.15) is 5.82 Å². The van der Waals surface area contributed by atoms with Crippen molar-refractivity contribution < 1.29 is 9.31 Å². The minimum Gasteiger partial charge on any atom is -0.259 e. The van der Waals surface area contributed by atoms with Gasteiger partial charge in [0, 0.05) is 13.0 Å². The number of allylic oxidation sites excluding steroid dienone is 1. The normalized spacial score (nSPS) is 11.5. The lowest BCUT2D eigenvalue weighted by molar-refractivity contribution is -0.422. The van der Waals surface area contributed by atoms with Gasteiger partial charge < -0.3 is 0 Å². The fourth-order valence-electron chi connectivity index (χ4n) is 0.896. The van der Waals surface area contributed by atoms with Crippen LogP contribution in [0.5, 0.6) is 0 Å². The third-order valence-corrected chi connectivity index (χ3v) is 1.94. The van der Waals surface area contributed by atoms with Crippen molar-refractivity contribution in [3.05, 3.63) is 50.4 Å². The topological polar surface area (TPSA) is 43.1 Å². The highest BCUT2D eigenvalue weighted by atomic mass is 35.5.